The highest BCUT2D eigenvalue weighted by atomic mass is 32.2. The molecule has 24 heavy (non-hydrogen) atoms. The second-order valence-electron chi connectivity index (χ2n) is 6.80. The first kappa shape index (κ1) is 17.1. The van der Waals surface area contributed by atoms with Crippen molar-refractivity contribution in [1.29, 1.82) is 0 Å². The largest absolute Gasteiger partial charge is 0.338 e. The van der Waals surface area contributed by atoms with Gasteiger partial charge in [0.15, 0.2) is 0 Å². The van der Waals surface area contributed by atoms with Gasteiger partial charge in [-0.2, -0.15) is 0 Å². The molecule has 2 aromatic carbocycles. The minimum absolute atomic E-state index is 0.180. The van der Waals surface area contributed by atoms with E-state index in [1.54, 1.807) is 0 Å². The van der Waals surface area contributed by atoms with E-state index in [2.05, 4.69) is 50.2 Å². The highest BCUT2D eigenvalue weighted by molar-refractivity contribution is 7.98. The summed E-state index contributed by atoms with van der Waals surface area (Å²) in [6.45, 7) is 6.12. The van der Waals surface area contributed by atoms with Crippen LogP contribution in [0.2, 0.25) is 0 Å². The van der Waals surface area contributed by atoms with Crippen molar-refractivity contribution >= 4 is 17.7 Å². The van der Waals surface area contributed by atoms with Crippen molar-refractivity contribution in [3.05, 3.63) is 65.2 Å². The van der Waals surface area contributed by atoms with Gasteiger partial charge in [-0.3, -0.25) is 4.79 Å². The van der Waals surface area contributed by atoms with Gasteiger partial charge in [-0.1, -0.05) is 36.8 Å². The van der Waals surface area contributed by atoms with E-state index in [1.807, 2.05) is 28.8 Å². The fourth-order valence-corrected chi connectivity index (χ4v) is 3.96. The minimum Gasteiger partial charge on any atom is -0.338 e. The van der Waals surface area contributed by atoms with Gasteiger partial charge in [0.2, 0.25) is 0 Å². The Hall–Kier alpha value is -1.74. The third kappa shape index (κ3) is 4.41. The molecular weight excluding hydrogens is 314 g/mol. The van der Waals surface area contributed by atoms with Crippen LogP contribution < -0.4 is 0 Å². The molecule has 0 spiro atoms. The number of likely N-dealkylation sites (tertiary alicyclic amines) is 1. The Morgan fingerprint density at radius 3 is 2.50 bits per heavy atom. The normalized spacial score (nSPS) is 17.8. The molecule has 1 aliphatic heterocycles. The lowest BCUT2D eigenvalue weighted by Gasteiger charge is -2.31. The zero-order valence-corrected chi connectivity index (χ0v) is 15.3. The van der Waals surface area contributed by atoms with E-state index in [-0.39, 0.29) is 5.91 Å². The summed E-state index contributed by atoms with van der Waals surface area (Å²) in [5.74, 6) is 1.73. The van der Waals surface area contributed by atoms with Crippen LogP contribution in [0.5, 0.6) is 0 Å². The smallest absolute Gasteiger partial charge is 0.253 e. The van der Waals surface area contributed by atoms with Crippen molar-refractivity contribution in [3.8, 4) is 0 Å². The van der Waals surface area contributed by atoms with Crippen molar-refractivity contribution in [2.24, 2.45) is 5.92 Å². The lowest BCUT2D eigenvalue weighted by Crippen LogP contribution is -2.39. The standard InChI is InChI=1S/C21H25NOS/c1-16-5-11-20(12-6-16)24-15-18-7-9-19(10-8-18)21(23)22-13-3-4-17(2)14-22/h5-12,17H,3-4,13-15H2,1-2H3/t17-/m1/s1. The van der Waals surface area contributed by atoms with E-state index in [4.69, 9.17) is 0 Å². The number of carbonyl (C=O) groups is 1. The number of aryl methyl sites for hydroxylation is 1. The van der Waals surface area contributed by atoms with Crippen LogP contribution in [0.1, 0.15) is 41.3 Å². The zero-order valence-electron chi connectivity index (χ0n) is 14.5. The molecule has 1 atom stereocenters. The molecule has 0 unspecified atom stereocenters. The number of piperidine rings is 1. The number of benzene rings is 2. The summed E-state index contributed by atoms with van der Waals surface area (Å²) < 4.78 is 0. The average Bonchev–Trinajstić information content (AvgIpc) is 2.61. The maximum absolute atomic E-state index is 12.6. The molecule has 3 rings (SSSR count). The van der Waals surface area contributed by atoms with E-state index in [9.17, 15) is 4.79 Å². The van der Waals surface area contributed by atoms with Gasteiger partial charge >= 0.3 is 0 Å². The molecule has 1 fully saturated rings. The van der Waals surface area contributed by atoms with Gasteiger partial charge in [0.25, 0.3) is 5.91 Å². The number of nitrogens with zero attached hydrogens (tertiary/aromatic N) is 1. The van der Waals surface area contributed by atoms with Crippen molar-refractivity contribution in [2.45, 2.75) is 37.3 Å². The molecule has 126 valence electrons. The molecule has 0 saturated carbocycles. The van der Waals surface area contributed by atoms with Gasteiger partial charge < -0.3 is 4.90 Å². The topological polar surface area (TPSA) is 20.3 Å². The highest BCUT2D eigenvalue weighted by Gasteiger charge is 2.21. The highest BCUT2D eigenvalue weighted by Crippen LogP contribution is 2.24. The van der Waals surface area contributed by atoms with Crippen LogP contribution >= 0.6 is 11.8 Å². The molecule has 0 bridgehead atoms. The third-order valence-corrected chi connectivity index (χ3v) is 5.65. The summed E-state index contributed by atoms with van der Waals surface area (Å²) in [5, 5.41) is 0. The van der Waals surface area contributed by atoms with Crippen LogP contribution in [-0.2, 0) is 5.75 Å². The van der Waals surface area contributed by atoms with Gasteiger partial charge in [0, 0.05) is 29.3 Å². The van der Waals surface area contributed by atoms with Gasteiger partial charge in [0.1, 0.15) is 0 Å². The monoisotopic (exact) mass is 339 g/mol. The molecule has 0 N–H and O–H groups in total. The van der Waals surface area contributed by atoms with E-state index >= 15 is 0 Å². The molecule has 0 aromatic heterocycles. The first-order chi connectivity index (χ1) is 11.6. The number of hydrogen-bond acceptors (Lipinski definition) is 2. The molecule has 2 nitrogen and oxygen atoms in total. The predicted octanol–water partition coefficient (Wildman–Crippen LogP) is 5.16. The number of carbonyl (C=O) groups excluding carboxylic acids is 1. The summed E-state index contributed by atoms with van der Waals surface area (Å²) in [5.41, 5.74) is 3.35. The molecule has 3 heteroatoms. The number of amides is 1. The summed E-state index contributed by atoms with van der Waals surface area (Å²) >= 11 is 1.83. The average molecular weight is 340 g/mol. The Bertz CT molecular complexity index is 678. The van der Waals surface area contributed by atoms with E-state index in [0.717, 1.165) is 30.8 Å². The van der Waals surface area contributed by atoms with Gasteiger partial charge in [-0.25, -0.2) is 0 Å². The maximum Gasteiger partial charge on any atom is 0.253 e. The van der Waals surface area contributed by atoms with Crippen LogP contribution in [0.3, 0.4) is 0 Å². The number of hydrogen-bond donors (Lipinski definition) is 0. The Labute approximate surface area is 149 Å². The second-order valence-corrected chi connectivity index (χ2v) is 7.85. The number of thioether (sulfide) groups is 1. The Morgan fingerprint density at radius 1 is 1.12 bits per heavy atom. The van der Waals surface area contributed by atoms with Crippen LogP contribution in [0.15, 0.2) is 53.4 Å². The Kier molecular flexibility index (Phi) is 5.62. The van der Waals surface area contributed by atoms with Gasteiger partial charge in [-0.15, -0.1) is 11.8 Å². The molecule has 0 radical (unpaired) electrons. The van der Waals surface area contributed by atoms with Crippen LogP contribution in [0.25, 0.3) is 0 Å². The molecule has 0 aliphatic carbocycles. The Balaban J connectivity index is 1.58. The minimum atomic E-state index is 0.180. The molecule has 1 amide bonds. The summed E-state index contributed by atoms with van der Waals surface area (Å²) in [7, 11) is 0. The molecule has 1 heterocycles. The lowest BCUT2D eigenvalue weighted by atomic mass is 9.99. The second kappa shape index (κ2) is 7.89. The van der Waals surface area contributed by atoms with Crippen LogP contribution in [0, 0.1) is 12.8 Å². The lowest BCUT2D eigenvalue weighted by molar-refractivity contribution is 0.0683. The molecule has 1 saturated heterocycles. The number of rotatable bonds is 4. The first-order valence-electron chi connectivity index (χ1n) is 8.69. The van der Waals surface area contributed by atoms with Gasteiger partial charge in [-0.05, 0) is 55.5 Å². The maximum atomic E-state index is 12.6. The summed E-state index contributed by atoms with van der Waals surface area (Å²) in [6.07, 6.45) is 2.36. The zero-order chi connectivity index (χ0) is 16.9. The van der Waals surface area contributed by atoms with Crippen LogP contribution in [0.4, 0.5) is 0 Å². The van der Waals surface area contributed by atoms with Crippen molar-refractivity contribution in [2.75, 3.05) is 13.1 Å². The Morgan fingerprint density at radius 2 is 1.83 bits per heavy atom. The van der Waals surface area contributed by atoms with Gasteiger partial charge in [0.05, 0.1) is 0 Å². The van der Waals surface area contributed by atoms with Crippen molar-refractivity contribution in [3.63, 3.8) is 0 Å². The van der Waals surface area contributed by atoms with E-state index < -0.39 is 0 Å². The van der Waals surface area contributed by atoms with E-state index in [0.29, 0.717) is 5.92 Å². The summed E-state index contributed by atoms with van der Waals surface area (Å²) in [4.78, 5) is 15.9. The third-order valence-electron chi connectivity index (χ3n) is 4.57. The fourth-order valence-electron chi connectivity index (χ4n) is 3.10. The van der Waals surface area contributed by atoms with Crippen molar-refractivity contribution in [1.82, 2.24) is 4.90 Å². The van der Waals surface area contributed by atoms with E-state index in [1.165, 1.54) is 22.4 Å². The quantitative estimate of drug-likeness (QED) is 0.717. The fraction of sp³-hybridized carbons (Fsp3) is 0.381. The predicted molar refractivity (Wildman–Crippen MR) is 101 cm³/mol. The molecular formula is C21H25NOS. The molecule has 2 aromatic rings. The van der Waals surface area contributed by atoms with Crippen molar-refractivity contribution < 1.29 is 4.79 Å². The SMILES string of the molecule is Cc1ccc(SCc2ccc(C(=O)N3CCC[C@@H](C)C3)cc2)cc1. The molecule has 1 aliphatic rings. The summed E-state index contributed by atoms with van der Waals surface area (Å²) in [6, 6.07) is 16.7. The van der Waals surface area contributed by atoms with Crippen LogP contribution in [-0.4, -0.2) is 23.9 Å². The first-order valence-corrected chi connectivity index (χ1v) is 9.68.